The number of aryl methyl sites for hydroxylation is 1. The molecule has 0 radical (unpaired) electrons. The van der Waals surface area contributed by atoms with E-state index in [1.165, 1.54) is 5.56 Å². The van der Waals surface area contributed by atoms with Crippen LogP contribution < -0.4 is 14.8 Å². The molecule has 4 rings (SSSR count). The molecule has 1 aromatic heterocycles. The Hall–Kier alpha value is -2.93. The number of ether oxygens (including phenoxy) is 2. The minimum absolute atomic E-state index is 0.170. The molecule has 1 unspecified atom stereocenters. The van der Waals surface area contributed by atoms with Crippen LogP contribution >= 0.6 is 0 Å². The Labute approximate surface area is 158 Å². The van der Waals surface area contributed by atoms with Gasteiger partial charge in [-0.25, -0.2) is 0 Å². The van der Waals surface area contributed by atoms with Gasteiger partial charge in [0.05, 0.1) is 12.2 Å². The van der Waals surface area contributed by atoms with Gasteiger partial charge < -0.3 is 14.8 Å². The zero-order chi connectivity index (χ0) is 18.6. The summed E-state index contributed by atoms with van der Waals surface area (Å²) in [6.45, 7) is 5.96. The van der Waals surface area contributed by atoms with Gasteiger partial charge in [-0.15, -0.1) is 5.10 Å². The van der Waals surface area contributed by atoms with Crippen LogP contribution in [0.5, 0.6) is 11.5 Å². The predicted molar refractivity (Wildman–Crippen MR) is 101 cm³/mol. The normalized spacial score (nSPS) is 14.1. The number of aromatic nitrogens is 4. The fourth-order valence-corrected chi connectivity index (χ4v) is 3.19. The Bertz CT molecular complexity index is 907. The fraction of sp³-hybridized carbons (Fsp3) is 0.350. The molecule has 140 valence electrons. The summed E-state index contributed by atoms with van der Waals surface area (Å²) in [6, 6.07) is 14.4. The average molecular weight is 365 g/mol. The molecule has 3 aromatic rings. The van der Waals surface area contributed by atoms with Crippen LogP contribution in [-0.4, -0.2) is 33.4 Å². The Kier molecular flexibility index (Phi) is 5.02. The van der Waals surface area contributed by atoms with Crippen molar-refractivity contribution in [3.8, 4) is 17.2 Å². The molecular formula is C20H23N5O2. The maximum atomic E-state index is 5.71. The lowest BCUT2D eigenvalue weighted by Crippen LogP contribution is -2.23. The molecule has 1 aliphatic heterocycles. The van der Waals surface area contributed by atoms with Crippen molar-refractivity contribution in [1.82, 2.24) is 25.5 Å². The summed E-state index contributed by atoms with van der Waals surface area (Å²) in [6.07, 6.45) is 0.936. The van der Waals surface area contributed by atoms with Crippen LogP contribution in [0.3, 0.4) is 0 Å². The van der Waals surface area contributed by atoms with Crippen LogP contribution in [0.1, 0.15) is 36.3 Å². The third-order valence-electron chi connectivity index (χ3n) is 4.70. The lowest BCUT2D eigenvalue weighted by atomic mass is 10.0. The van der Waals surface area contributed by atoms with Gasteiger partial charge in [0.15, 0.2) is 17.3 Å². The molecular weight excluding hydrogens is 342 g/mol. The van der Waals surface area contributed by atoms with Crippen molar-refractivity contribution in [2.75, 3.05) is 13.2 Å². The number of fused-ring (bicyclic) bond motifs is 1. The lowest BCUT2D eigenvalue weighted by molar-refractivity contribution is 0.171. The first-order valence-electron chi connectivity index (χ1n) is 9.22. The topological polar surface area (TPSA) is 74.1 Å². The summed E-state index contributed by atoms with van der Waals surface area (Å²) < 4.78 is 13.1. The van der Waals surface area contributed by atoms with Crippen LogP contribution in [0.2, 0.25) is 0 Å². The number of hydrogen-bond donors (Lipinski definition) is 1. The highest BCUT2D eigenvalue weighted by Crippen LogP contribution is 2.33. The molecule has 27 heavy (non-hydrogen) atoms. The van der Waals surface area contributed by atoms with Crippen molar-refractivity contribution >= 4 is 0 Å². The van der Waals surface area contributed by atoms with Crippen LogP contribution in [0.25, 0.3) is 5.69 Å². The van der Waals surface area contributed by atoms with Crippen LogP contribution in [0, 0.1) is 6.92 Å². The first-order valence-corrected chi connectivity index (χ1v) is 9.22. The van der Waals surface area contributed by atoms with Crippen molar-refractivity contribution in [2.45, 2.75) is 32.9 Å². The van der Waals surface area contributed by atoms with Crippen LogP contribution in [0.15, 0.2) is 42.5 Å². The van der Waals surface area contributed by atoms with E-state index in [2.05, 4.69) is 59.0 Å². The Morgan fingerprint density at radius 1 is 1.07 bits per heavy atom. The molecule has 1 atom stereocenters. The second kappa shape index (κ2) is 7.75. The smallest absolute Gasteiger partial charge is 0.170 e. The standard InChI is InChI=1S/C20H23N5O2/c1-3-17(15-6-9-18-19(12-15)27-11-10-26-18)21-13-20-22-23-24-25(20)16-7-4-14(2)5-8-16/h4-9,12,17,21H,3,10-11,13H2,1-2H3. The molecule has 0 amide bonds. The molecule has 0 fully saturated rings. The number of hydrogen-bond acceptors (Lipinski definition) is 6. The zero-order valence-corrected chi connectivity index (χ0v) is 15.6. The molecule has 1 aliphatic rings. The Morgan fingerprint density at radius 2 is 1.85 bits per heavy atom. The van der Waals surface area contributed by atoms with Gasteiger partial charge >= 0.3 is 0 Å². The van der Waals surface area contributed by atoms with E-state index in [-0.39, 0.29) is 6.04 Å². The molecule has 1 N–H and O–H groups in total. The van der Waals surface area contributed by atoms with E-state index in [1.54, 1.807) is 4.68 Å². The van der Waals surface area contributed by atoms with Gasteiger partial charge in [0.25, 0.3) is 0 Å². The first kappa shape index (κ1) is 17.5. The third-order valence-corrected chi connectivity index (χ3v) is 4.70. The monoisotopic (exact) mass is 365 g/mol. The SMILES string of the molecule is CCC(NCc1nnnn1-c1ccc(C)cc1)c1ccc2c(c1)OCCO2. The van der Waals surface area contributed by atoms with Gasteiger partial charge in [0.2, 0.25) is 0 Å². The van der Waals surface area contributed by atoms with E-state index in [9.17, 15) is 0 Å². The second-order valence-corrected chi connectivity index (χ2v) is 6.59. The lowest BCUT2D eigenvalue weighted by Gasteiger charge is -2.22. The van der Waals surface area contributed by atoms with E-state index in [0.29, 0.717) is 19.8 Å². The van der Waals surface area contributed by atoms with E-state index in [1.807, 2.05) is 18.2 Å². The summed E-state index contributed by atoms with van der Waals surface area (Å²) >= 11 is 0. The van der Waals surface area contributed by atoms with Gasteiger partial charge in [-0.1, -0.05) is 30.7 Å². The van der Waals surface area contributed by atoms with Gasteiger partial charge in [-0.3, -0.25) is 0 Å². The molecule has 2 heterocycles. The van der Waals surface area contributed by atoms with Gasteiger partial charge in [0, 0.05) is 6.04 Å². The molecule has 0 saturated carbocycles. The van der Waals surface area contributed by atoms with Gasteiger partial charge in [-0.2, -0.15) is 4.68 Å². The number of nitrogens with zero attached hydrogens (tertiary/aromatic N) is 4. The highest BCUT2D eigenvalue weighted by Gasteiger charge is 2.17. The predicted octanol–water partition coefficient (Wildman–Crippen LogP) is 2.98. The molecule has 2 aromatic carbocycles. The van der Waals surface area contributed by atoms with Crippen molar-refractivity contribution in [2.24, 2.45) is 0 Å². The highest BCUT2D eigenvalue weighted by molar-refractivity contribution is 5.44. The molecule has 0 spiro atoms. The highest BCUT2D eigenvalue weighted by atomic mass is 16.6. The Balaban J connectivity index is 1.49. The quantitative estimate of drug-likeness (QED) is 0.724. The fourth-order valence-electron chi connectivity index (χ4n) is 3.19. The van der Waals surface area contributed by atoms with E-state index in [4.69, 9.17) is 9.47 Å². The van der Waals surface area contributed by atoms with Crippen molar-refractivity contribution in [3.05, 3.63) is 59.4 Å². The Morgan fingerprint density at radius 3 is 2.63 bits per heavy atom. The summed E-state index contributed by atoms with van der Waals surface area (Å²) in [7, 11) is 0. The van der Waals surface area contributed by atoms with Crippen LogP contribution in [-0.2, 0) is 6.54 Å². The molecule has 0 bridgehead atoms. The molecule has 0 aliphatic carbocycles. The molecule has 0 saturated heterocycles. The van der Waals surface area contributed by atoms with Crippen molar-refractivity contribution in [1.29, 1.82) is 0 Å². The summed E-state index contributed by atoms with van der Waals surface area (Å²) in [5.41, 5.74) is 3.32. The maximum absolute atomic E-state index is 5.71. The zero-order valence-electron chi connectivity index (χ0n) is 15.6. The van der Waals surface area contributed by atoms with Crippen molar-refractivity contribution in [3.63, 3.8) is 0 Å². The number of nitrogens with one attached hydrogen (secondary N) is 1. The minimum Gasteiger partial charge on any atom is -0.486 e. The van der Waals surface area contributed by atoms with Crippen LogP contribution in [0.4, 0.5) is 0 Å². The second-order valence-electron chi connectivity index (χ2n) is 6.59. The van der Waals surface area contributed by atoms with Gasteiger partial charge in [-0.05, 0) is 53.6 Å². The first-order chi connectivity index (χ1) is 13.2. The van der Waals surface area contributed by atoms with E-state index < -0.39 is 0 Å². The van der Waals surface area contributed by atoms with Gasteiger partial charge in [0.1, 0.15) is 13.2 Å². The summed E-state index contributed by atoms with van der Waals surface area (Å²) in [4.78, 5) is 0. The number of tetrazole rings is 1. The largest absolute Gasteiger partial charge is 0.486 e. The summed E-state index contributed by atoms with van der Waals surface area (Å²) in [5, 5.41) is 15.7. The molecule has 7 heteroatoms. The minimum atomic E-state index is 0.170. The number of benzene rings is 2. The van der Waals surface area contributed by atoms with E-state index >= 15 is 0 Å². The third kappa shape index (κ3) is 3.78. The molecule has 7 nitrogen and oxygen atoms in total. The summed E-state index contributed by atoms with van der Waals surface area (Å²) in [5.74, 6) is 2.39. The van der Waals surface area contributed by atoms with Crippen molar-refractivity contribution < 1.29 is 9.47 Å². The maximum Gasteiger partial charge on any atom is 0.170 e. The average Bonchev–Trinajstić information content (AvgIpc) is 3.17. The number of rotatable bonds is 6. The van der Waals surface area contributed by atoms with E-state index in [0.717, 1.165) is 35.0 Å².